The van der Waals surface area contributed by atoms with Crippen LogP contribution in [0.3, 0.4) is 0 Å². The molecule has 2 rings (SSSR count). The molecular weight excluding hydrogens is 231 g/mol. The van der Waals surface area contributed by atoms with Crippen molar-refractivity contribution in [3.05, 3.63) is 29.8 Å². The number of benzene rings is 1. The minimum absolute atomic E-state index is 0.284. The molecule has 1 heterocycles. The van der Waals surface area contributed by atoms with Crippen LogP contribution < -0.4 is 10.1 Å². The first kappa shape index (κ1) is 12.2. The molecule has 1 N–H and O–H groups in total. The Morgan fingerprint density at radius 2 is 2.18 bits per heavy atom. The summed E-state index contributed by atoms with van der Waals surface area (Å²) in [4.78, 5) is 0. The van der Waals surface area contributed by atoms with E-state index >= 15 is 0 Å². The molecule has 94 valence electrons. The van der Waals surface area contributed by atoms with Crippen molar-refractivity contribution in [3.63, 3.8) is 0 Å². The van der Waals surface area contributed by atoms with Gasteiger partial charge in [0, 0.05) is 12.5 Å². The maximum absolute atomic E-state index is 12.4. The van der Waals surface area contributed by atoms with Crippen LogP contribution in [0.2, 0.25) is 0 Å². The quantitative estimate of drug-likeness (QED) is 0.884. The van der Waals surface area contributed by atoms with E-state index in [1.54, 1.807) is 6.07 Å². The fourth-order valence-electron chi connectivity index (χ4n) is 1.83. The second-order valence-electron chi connectivity index (χ2n) is 4.20. The van der Waals surface area contributed by atoms with Crippen LogP contribution in [0.15, 0.2) is 24.3 Å². The van der Waals surface area contributed by atoms with Gasteiger partial charge in [0.05, 0.1) is 12.2 Å². The standard InChI is InChI=1S/C12H14F3NO/c13-12(14,15)10-2-1-3-11(6-10)17-8-9-4-5-16-7-9/h1-3,6,9,16H,4-5,7-8H2/t9-/m0/s1. The van der Waals surface area contributed by atoms with Crippen molar-refractivity contribution in [1.29, 1.82) is 0 Å². The van der Waals surface area contributed by atoms with E-state index in [4.69, 9.17) is 4.74 Å². The number of hydrogen-bond acceptors (Lipinski definition) is 2. The summed E-state index contributed by atoms with van der Waals surface area (Å²) >= 11 is 0. The van der Waals surface area contributed by atoms with Gasteiger partial charge in [0.2, 0.25) is 0 Å². The molecule has 0 aliphatic carbocycles. The van der Waals surface area contributed by atoms with Gasteiger partial charge in [-0.2, -0.15) is 13.2 Å². The molecule has 1 fully saturated rings. The number of nitrogens with one attached hydrogen (secondary N) is 1. The van der Waals surface area contributed by atoms with Crippen LogP contribution >= 0.6 is 0 Å². The lowest BCUT2D eigenvalue weighted by molar-refractivity contribution is -0.137. The van der Waals surface area contributed by atoms with Crippen molar-refractivity contribution in [2.45, 2.75) is 12.6 Å². The molecule has 1 aliphatic rings. The summed E-state index contributed by atoms with van der Waals surface area (Å²) in [6, 6.07) is 5.01. The molecule has 0 radical (unpaired) electrons. The van der Waals surface area contributed by atoms with Gasteiger partial charge in [-0.25, -0.2) is 0 Å². The maximum atomic E-state index is 12.4. The second kappa shape index (κ2) is 4.96. The Morgan fingerprint density at radius 3 is 2.82 bits per heavy atom. The molecule has 0 spiro atoms. The largest absolute Gasteiger partial charge is 0.493 e. The maximum Gasteiger partial charge on any atom is 0.416 e. The number of hydrogen-bond donors (Lipinski definition) is 1. The van der Waals surface area contributed by atoms with Crippen LogP contribution in [0.25, 0.3) is 0 Å². The summed E-state index contributed by atoms with van der Waals surface area (Å²) < 4.78 is 42.7. The zero-order valence-electron chi connectivity index (χ0n) is 9.26. The second-order valence-corrected chi connectivity index (χ2v) is 4.20. The molecule has 1 saturated heterocycles. The molecule has 0 aromatic heterocycles. The summed E-state index contributed by atoms with van der Waals surface area (Å²) in [7, 11) is 0. The molecule has 17 heavy (non-hydrogen) atoms. The van der Waals surface area contributed by atoms with E-state index in [0.717, 1.165) is 31.6 Å². The van der Waals surface area contributed by atoms with Gasteiger partial charge in [-0.3, -0.25) is 0 Å². The Kier molecular flexibility index (Phi) is 3.57. The number of halogens is 3. The van der Waals surface area contributed by atoms with Crippen molar-refractivity contribution in [2.75, 3.05) is 19.7 Å². The van der Waals surface area contributed by atoms with Crippen LogP contribution in [0, 0.1) is 5.92 Å². The van der Waals surface area contributed by atoms with Crippen molar-refractivity contribution < 1.29 is 17.9 Å². The summed E-state index contributed by atoms with van der Waals surface area (Å²) in [6.45, 7) is 2.30. The van der Waals surface area contributed by atoms with Crippen molar-refractivity contribution in [2.24, 2.45) is 5.92 Å². The zero-order chi connectivity index (χ0) is 12.3. The van der Waals surface area contributed by atoms with Gasteiger partial charge in [0.25, 0.3) is 0 Å². The first-order valence-corrected chi connectivity index (χ1v) is 5.56. The summed E-state index contributed by atoms with van der Waals surface area (Å²) in [5, 5.41) is 3.18. The predicted octanol–water partition coefficient (Wildman–Crippen LogP) is 2.69. The van der Waals surface area contributed by atoms with E-state index < -0.39 is 11.7 Å². The molecule has 0 bridgehead atoms. The average Bonchev–Trinajstić information content (AvgIpc) is 2.78. The van der Waals surface area contributed by atoms with Crippen molar-refractivity contribution >= 4 is 0 Å². The van der Waals surface area contributed by atoms with Crippen LogP contribution in [0.5, 0.6) is 5.75 Å². The highest BCUT2D eigenvalue weighted by molar-refractivity contribution is 5.30. The highest BCUT2D eigenvalue weighted by atomic mass is 19.4. The normalized spacial score (nSPS) is 20.5. The Morgan fingerprint density at radius 1 is 1.35 bits per heavy atom. The van der Waals surface area contributed by atoms with Crippen LogP contribution in [0.1, 0.15) is 12.0 Å². The van der Waals surface area contributed by atoms with Gasteiger partial charge in [0.15, 0.2) is 0 Å². The lowest BCUT2D eigenvalue weighted by Gasteiger charge is -2.12. The lowest BCUT2D eigenvalue weighted by atomic mass is 10.1. The van der Waals surface area contributed by atoms with Gasteiger partial charge >= 0.3 is 6.18 Å². The third-order valence-corrected chi connectivity index (χ3v) is 2.81. The minimum atomic E-state index is -4.31. The van der Waals surface area contributed by atoms with Crippen LogP contribution in [0.4, 0.5) is 13.2 Å². The van der Waals surface area contributed by atoms with E-state index in [2.05, 4.69) is 5.32 Å². The predicted molar refractivity (Wildman–Crippen MR) is 57.9 cm³/mol. The molecule has 1 aromatic rings. The Balaban J connectivity index is 1.96. The molecule has 0 unspecified atom stereocenters. The molecule has 1 aromatic carbocycles. The summed E-state index contributed by atoms with van der Waals surface area (Å²) in [5.41, 5.74) is -0.667. The van der Waals surface area contributed by atoms with Gasteiger partial charge < -0.3 is 10.1 Å². The number of alkyl halides is 3. The van der Waals surface area contributed by atoms with Gasteiger partial charge in [-0.05, 0) is 31.2 Å². The topological polar surface area (TPSA) is 21.3 Å². The first-order valence-electron chi connectivity index (χ1n) is 5.56. The monoisotopic (exact) mass is 245 g/mol. The van der Waals surface area contributed by atoms with E-state index in [1.807, 2.05) is 0 Å². The SMILES string of the molecule is FC(F)(F)c1cccc(OC[C@H]2CCNC2)c1. The van der Waals surface area contributed by atoms with Gasteiger partial charge in [-0.1, -0.05) is 6.07 Å². The number of ether oxygens (including phenoxy) is 1. The highest BCUT2D eigenvalue weighted by Crippen LogP contribution is 2.31. The third kappa shape index (κ3) is 3.36. The van der Waals surface area contributed by atoms with E-state index in [-0.39, 0.29) is 5.75 Å². The molecular formula is C12H14F3NO. The smallest absolute Gasteiger partial charge is 0.416 e. The summed E-state index contributed by atoms with van der Waals surface area (Å²) in [6.07, 6.45) is -3.30. The molecule has 1 atom stereocenters. The van der Waals surface area contributed by atoms with E-state index in [1.165, 1.54) is 6.07 Å². The van der Waals surface area contributed by atoms with Gasteiger partial charge in [-0.15, -0.1) is 0 Å². The lowest BCUT2D eigenvalue weighted by Crippen LogP contribution is -2.15. The third-order valence-electron chi connectivity index (χ3n) is 2.81. The molecule has 1 aliphatic heterocycles. The van der Waals surface area contributed by atoms with Gasteiger partial charge in [0.1, 0.15) is 5.75 Å². The first-order chi connectivity index (χ1) is 8.05. The number of rotatable bonds is 3. The van der Waals surface area contributed by atoms with E-state index in [0.29, 0.717) is 12.5 Å². The van der Waals surface area contributed by atoms with Crippen molar-refractivity contribution in [1.82, 2.24) is 5.32 Å². The zero-order valence-corrected chi connectivity index (χ0v) is 9.26. The summed E-state index contributed by atoms with van der Waals surface area (Å²) in [5.74, 6) is 0.677. The van der Waals surface area contributed by atoms with Crippen LogP contribution in [-0.4, -0.2) is 19.7 Å². The Labute approximate surface area is 97.8 Å². The fourth-order valence-corrected chi connectivity index (χ4v) is 1.83. The van der Waals surface area contributed by atoms with Crippen LogP contribution in [-0.2, 0) is 6.18 Å². The Bertz CT molecular complexity index is 372. The van der Waals surface area contributed by atoms with E-state index in [9.17, 15) is 13.2 Å². The molecule has 0 amide bonds. The molecule has 5 heteroatoms. The fraction of sp³-hybridized carbons (Fsp3) is 0.500. The Hall–Kier alpha value is -1.23. The van der Waals surface area contributed by atoms with Crippen molar-refractivity contribution in [3.8, 4) is 5.75 Å². The molecule has 0 saturated carbocycles. The average molecular weight is 245 g/mol. The highest BCUT2D eigenvalue weighted by Gasteiger charge is 2.30. The molecule has 2 nitrogen and oxygen atoms in total. The minimum Gasteiger partial charge on any atom is -0.493 e.